The van der Waals surface area contributed by atoms with Gasteiger partial charge in [-0.2, -0.15) is 5.10 Å². The Bertz CT molecular complexity index is 348. The van der Waals surface area contributed by atoms with Crippen molar-refractivity contribution in [2.24, 2.45) is 10.9 Å². The van der Waals surface area contributed by atoms with E-state index in [-0.39, 0.29) is 0 Å². The highest BCUT2D eigenvalue weighted by atomic mass is 16.5. The van der Waals surface area contributed by atoms with Crippen molar-refractivity contribution in [3.8, 4) is 5.75 Å². The third-order valence-electron chi connectivity index (χ3n) is 1.63. The van der Waals surface area contributed by atoms with Crippen molar-refractivity contribution >= 4 is 12.2 Å². The second kappa shape index (κ2) is 5.61. The molecule has 1 aromatic carbocycles. The molecule has 0 aliphatic rings. The molecule has 0 aliphatic heterocycles. The fraction of sp³-hybridized carbons (Fsp3) is 0.111. The maximum atomic E-state index is 10.6. The van der Waals surface area contributed by atoms with Gasteiger partial charge in [-0.15, -0.1) is 0 Å². The summed E-state index contributed by atoms with van der Waals surface area (Å²) >= 11 is 0. The van der Waals surface area contributed by atoms with E-state index in [1.165, 1.54) is 6.21 Å². The van der Waals surface area contributed by atoms with E-state index in [1.54, 1.807) is 19.2 Å². The number of hydrogen-bond acceptors (Lipinski definition) is 4. The number of nitrogens with zero attached hydrogens (tertiary/aromatic N) is 1. The van der Waals surface area contributed by atoms with Gasteiger partial charge in [0, 0.05) is 0 Å². The van der Waals surface area contributed by atoms with Gasteiger partial charge in [-0.1, -0.05) is 0 Å². The van der Waals surface area contributed by atoms with Gasteiger partial charge < -0.3 is 4.74 Å². The molecule has 0 radical (unpaired) electrons. The Morgan fingerprint density at radius 1 is 1.47 bits per heavy atom. The second-order valence-corrected chi connectivity index (χ2v) is 2.62. The monoisotopic (exact) mass is 208 g/mol. The number of nitrogens with one attached hydrogen (secondary N) is 2. The maximum absolute atomic E-state index is 10.6. The minimum absolute atomic E-state index is 0.570. The molecule has 6 heteroatoms. The summed E-state index contributed by atoms with van der Waals surface area (Å²) in [6, 6.07) is 6.64. The highest BCUT2D eigenvalue weighted by Crippen LogP contribution is 2.09. The topological polar surface area (TPSA) is 88.7 Å². The van der Waals surface area contributed by atoms with Crippen LogP contribution in [0.4, 0.5) is 4.79 Å². The molecule has 0 atom stereocenters. The lowest BCUT2D eigenvalue weighted by Crippen LogP contribution is -2.37. The molecule has 0 aromatic heterocycles. The van der Waals surface area contributed by atoms with Crippen LogP contribution in [0, 0.1) is 0 Å². The quantitative estimate of drug-likeness (QED) is 0.287. The number of ether oxygens (including phenoxy) is 1. The predicted molar refractivity (Wildman–Crippen MR) is 56.4 cm³/mol. The number of rotatable bonds is 3. The van der Waals surface area contributed by atoms with E-state index in [0.29, 0.717) is 0 Å². The Balaban J connectivity index is 2.53. The molecule has 1 rings (SSSR count). The zero-order valence-electron chi connectivity index (χ0n) is 8.23. The lowest BCUT2D eigenvalue weighted by atomic mass is 10.2. The molecule has 0 spiro atoms. The zero-order chi connectivity index (χ0) is 11.1. The number of hydrazone groups is 1. The molecule has 15 heavy (non-hydrogen) atoms. The van der Waals surface area contributed by atoms with Gasteiger partial charge in [0.1, 0.15) is 5.75 Å². The van der Waals surface area contributed by atoms with Crippen LogP contribution in [0.3, 0.4) is 0 Å². The van der Waals surface area contributed by atoms with Crippen molar-refractivity contribution in [1.82, 2.24) is 10.9 Å². The molecule has 1 aromatic rings. The van der Waals surface area contributed by atoms with Crippen LogP contribution in [0.15, 0.2) is 29.4 Å². The number of hydrazine groups is 1. The molecular weight excluding hydrogens is 196 g/mol. The van der Waals surface area contributed by atoms with Gasteiger partial charge in [0.2, 0.25) is 0 Å². The van der Waals surface area contributed by atoms with Crippen molar-refractivity contribution < 1.29 is 9.53 Å². The third kappa shape index (κ3) is 3.65. The van der Waals surface area contributed by atoms with Crippen molar-refractivity contribution in [1.29, 1.82) is 0 Å². The molecule has 0 saturated carbocycles. The highest BCUT2D eigenvalue weighted by Gasteiger charge is 1.92. The van der Waals surface area contributed by atoms with Crippen LogP contribution in [0.1, 0.15) is 5.56 Å². The number of carbonyl (C=O) groups excluding carboxylic acids is 1. The first kappa shape index (κ1) is 11.0. The van der Waals surface area contributed by atoms with E-state index >= 15 is 0 Å². The van der Waals surface area contributed by atoms with Gasteiger partial charge in [-0.3, -0.25) is 5.43 Å². The van der Waals surface area contributed by atoms with Gasteiger partial charge in [0.25, 0.3) is 0 Å². The van der Waals surface area contributed by atoms with E-state index in [1.807, 2.05) is 17.6 Å². The molecule has 4 N–H and O–H groups in total. The lowest BCUT2D eigenvalue weighted by molar-refractivity contribution is 0.241. The van der Waals surface area contributed by atoms with Crippen molar-refractivity contribution in [2.75, 3.05) is 7.11 Å². The van der Waals surface area contributed by atoms with Crippen LogP contribution in [-0.2, 0) is 0 Å². The first-order chi connectivity index (χ1) is 7.26. The Kier molecular flexibility index (Phi) is 4.11. The van der Waals surface area contributed by atoms with E-state index < -0.39 is 6.03 Å². The van der Waals surface area contributed by atoms with Crippen molar-refractivity contribution in [3.05, 3.63) is 29.8 Å². The average Bonchev–Trinajstić information content (AvgIpc) is 2.29. The number of benzene rings is 1. The summed E-state index contributed by atoms with van der Waals surface area (Å²) in [5.74, 6) is 5.60. The SMILES string of the molecule is COc1ccc(C=NNC(=O)NN)cc1. The normalized spacial score (nSPS) is 10.0. The Labute approximate surface area is 87.1 Å². The minimum Gasteiger partial charge on any atom is -0.497 e. The van der Waals surface area contributed by atoms with Crippen molar-refractivity contribution in [3.63, 3.8) is 0 Å². The van der Waals surface area contributed by atoms with Crippen LogP contribution in [0.2, 0.25) is 0 Å². The van der Waals surface area contributed by atoms with Gasteiger partial charge in [-0.25, -0.2) is 16.1 Å². The molecule has 0 heterocycles. The summed E-state index contributed by atoms with van der Waals surface area (Å²) in [7, 11) is 1.59. The summed E-state index contributed by atoms with van der Waals surface area (Å²) in [5.41, 5.74) is 4.90. The molecule has 0 saturated heterocycles. The minimum atomic E-state index is -0.570. The van der Waals surface area contributed by atoms with Gasteiger partial charge in [0.05, 0.1) is 13.3 Å². The van der Waals surface area contributed by atoms with E-state index in [0.717, 1.165) is 11.3 Å². The van der Waals surface area contributed by atoms with E-state index in [9.17, 15) is 4.79 Å². The van der Waals surface area contributed by atoms with Gasteiger partial charge in [-0.05, 0) is 29.8 Å². The van der Waals surface area contributed by atoms with Crippen LogP contribution in [0.5, 0.6) is 5.75 Å². The number of nitrogens with two attached hydrogens (primary N) is 1. The summed E-state index contributed by atoms with van der Waals surface area (Å²) in [4.78, 5) is 10.6. The summed E-state index contributed by atoms with van der Waals surface area (Å²) in [6.07, 6.45) is 1.49. The predicted octanol–water partition coefficient (Wildman–Crippen LogP) is 0.202. The fourth-order valence-corrected chi connectivity index (χ4v) is 0.888. The number of hydrogen-bond donors (Lipinski definition) is 3. The smallest absolute Gasteiger partial charge is 0.349 e. The average molecular weight is 208 g/mol. The third-order valence-corrected chi connectivity index (χ3v) is 1.63. The van der Waals surface area contributed by atoms with Crippen LogP contribution in [0.25, 0.3) is 0 Å². The Hall–Kier alpha value is -2.08. The Morgan fingerprint density at radius 2 is 2.13 bits per heavy atom. The molecule has 80 valence electrons. The number of methoxy groups -OCH3 is 1. The summed E-state index contributed by atoms with van der Waals surface area (Å²) in [5, 5.41) is 3.66. The Morgan fingerprint density at radius 3 is 2.67 bits per heavy atom. The first-order valence-electron chi connectivity index (χ1n) is 4.20. The summed E-state index contributed by atoms with van der Waals surface area (Å²) < 4.78 is 4.99. The molecule has 0 fully saturated rings. The summed E-state index contributed by atoms with van der Waals surface area (Å²) in [6.45, 7) is 0. The number of urea groups is 1. The maximum Gasteiger partial charge on any atom is 0.349 e. The largest absolute Gasteiger partial charge is 0.497 e. The van der Waals surface area contributed by atoms with Crippen LogP contribution in [-0.4, -0.2) is 19.4 Å². The van der Waals surface area contributed by atoms with Crippen molar-refractivity contribution in [2.45, 2.75) is 0 Å². The van der Waals surface area contributed by atoms with Crippen LogP contribution >= 0.6 is 0 Å². The van der Waals surface area contributed by atoms with Gasteiger partial charge in [0.15, 0.2) is 0 Å². The number of carbonyl (C=O) groups is 1. The molecule has 0 unspecified atom stereocenters. The lowest BCUT2D eigenvalue weighted by Gasteiger charge is -1.99. The zero-order valence-corrected chi connectivity index (χ0v) is 8.23. The molecule has 6 nitrogen and oxygen atoms in total. The van der Waals surface area contributed by atoms with E-state index in [4.69, 9.17) is 10.6 Å². The molecular formula is C9H12N4O2. The molecule has 0 aliphatic carbocycles. The molecule has 0 bridgehead atoms. The number of amides is 2. The van der Waals surface area contributed by atoms with E-state index in [2.05, 4.69) is 10.5 Å². The molecule has 2 amide bonds. The van der Waals surface area contributed by atoms with Crippen LogP contribution < -0.4 is 21.4 Å². The first-order valence-corrected chi connectivity index (χ1v) is 4.20. The second-order valence-electron chi connectivity index (χ2n) is 2.62. The fourth-order valence-electron chi connectivity index (χ4n) is 0.888. The van der Waals surface area contributed by atoms with Gasteiger partial charge >= 0.3 is 6.03 Å². The standard InChI is InChI=1S/C9H12N4O2/c1-15-8-4-2-7(3-5-8)6-11-13-9(14)12-10/h2-6H,10H2,1H3,(H2,12,13,14). The highest BCUT2D eigenvalue weighted by molar-refractivity contribution is 5.81.